The van der Waals surface area contributed by atoms with Gasteiger partial charge in [0, 0.05) is 30.8 Å². The molecule has 0 aromatic rings. The summed E-state index contributed by atoms with van der Waals surface area (Å²) >= 11 is 0. The van der Waals surface area contributed by atoms with Gasteiger partial charge in [0.05, 0.1) is 6.10 Å². The normalized spacial score (nSPS) is 34.1. The van der Waals surface area contributed by atoms with Crippen molar-refractivity contribution >= 4 is 5.91 Å². The topological polar surface area (TPSA) is 40.5 Å². The fourth-order valence-corrected chi connectivity index (χ4v) is 3.18. The number of rotatable bonds is 1. The molecule has 2 atom stereocenters. The molecule has 110 valence electrons. The molecule has 1 saturated carbocycles. The van der Waals surface area contributed by atoms with Crippen LogP contribution in [-0.4, -0.2) is 40.5 Å². The predicted octanol–water partition coefficient (Wildman–Crippen LogP) is 2.57. The van der Waals surface area contributed by atoms with Crippen molar-refractivity contribution in [3.8, 4) is 0 Å². The minimum atomic E-state index is -2.61. The Morgan fingerprint density at radius 3 is 2.37 bits per heavy atom. The Morgan fingerprint density at radius 1 is 1.26 bits per heavy atom. The van der Waals surface area contributed by atoms with Crippen molar-refractivity contribution in [3.05, 3.63) is 0 Å². The van der Waals surface area contributed by atoms with Gasteiger partial charge in [0.1, 0.15) is 0 Å². The molecule has 0 aromatic carbocycles. The lowest BCUT2D eigenvalue weighted by Crippen LogP contribution is -2.52. The smallest absolute Gasteiger partial charge is 0.248 e. The van der Waals surface area contributed by atoms with Gasteiger partial charge in [-0.25, -0.2) is 8.78 Å². The molecule has 5 heteroatoms. The van der Waals surface area contributed by atoms with Crippen molar-refractivity contribution in [1.29, 1.82) is 0 Å². The number of aliphatic hydroxyl groups excluding tert-OH is 1. The number of amides is 1. The van der Waals surface area contributed by atoms with Crippen LogP contribution < -0.4 is 0 Å². The Balaban J connectivity index is 2.03. The first-order valence-corrected chi connectivity index (χ1v) is 7.10. The van der Waals surface area contributed by atoms with Gasteiger partial charge in [0.25, 0.3) is 0 Å². The summed E-state index contributed by atoms with van der Waals surface area (Å²) in [5.74, 6) is -2.62. The maximum atomic E-state index is 13.2. The lowest BCUT2D eigenvalue weighted by Gasteiger charge is -2.44. The van der Waals surface area contributed by atoms with E-state index in [4.69, 9.17) is 0 Å². The summed E-state index contributed by atoms with van der Waals surface area (Å²) in [6.45, 7) is 4.26. The molecule has 0 bridgehead atoms. The third-order valence-electron chi connectivity index (χ3n) is 4.71. The number of likely N-dealkylation sites (tertiary alicyclic amines) is 1. The zero-order valence-electron chi connectivity index (χ0n) is 11.7. The van der Waals surface area contributed by atoms with Crippen LogP contribution in [0, 0.1) is 5.41 Å². The van der Waals surface area contributed by atoms with Crippen molar-refractivity contribution in [2.45, 2.75) is 70.4 Å². The monoisotopic (exact) mass is 275 g/mol. The second-order valence-electron chi connectivity index (χ2n) is 6.44. The van der Waals surface area contributed by atoms with Gasteiger partial charge in [0.15, 0.2) is 0 Å². The van der Waals surface area contributed by atoms with Crippen LogP contribution in [0.1, 0.15) is 52.4 Å². The SMILES string of the molecule is C[C@@H]1C[C@H](O)CCN1C(=O)C1(C)CCC(F)(F)CC1. The first-order valence-electron chi connectivity index (χ1n) is 7.10. The molecule has 2 fully saturated rings. The number of alkyl halides is 2. The van der Waals surface area contributed by atoms with E-state index in [9.17, 15) is 18.7 Å². The summed E-state index contributed by atoms with van der Waals surface area (Å²) in [5.41, 5.74) is -0.655. The number of halogens is 2. The Labute approximate surface area is 113 Å². The standard InChI is InChI=1S/C14H23F2NO2/c1-10-9-11(18)3-8-17(10)12(19)13(2)4-6-14(15,16)7-5-13/h10-11,18H,3-9H2,1-2H3/t10-,11-/m1/s1. The third-order valence-corrected chi connectivity index (χ3v) is 4.71. The molecule has 1 amide bonds. The molecule has 1 N–H and O–H groups in total. The lowest BCUT2D eigenvalue weighted by molar-refractivity contribution is -0.153. The molecule has 1 aliphatic carbocycles. The van der Waals surface area contributed by atoms with Crippen LogP contribution in [0.2, 0.25) is 0 Å². The van der Waals surface area contributed by atoms with E-state index in [1.54, 1.807) is 4.90 Å². The van der Waals surface area contributed by atoms with Gasteiger partial charge in [-0.2, -0.15) is 0 Å². The molecular weight excluding hydrogens is 252 g/mol. The van der Waals surface area contributed by atoms with Crippen LogP contribution in [0.3, 0.4) is 0 Å². The van der Waals surface area contributed by atoms with E-state index >= 15 is 0 Å². The summed E-state index contributed by atoms with van der Waals surface area (Å²) in [6, 6.07) is -0.00416. The number of hydrogen-bond donors (Lipinski definition) is 1. The second kappa shape index (κ2) is 5.00. The average molecular weight is 275 g/mol. The third kappa shape index (κ3) is 3.07. The summed E-state index contributed by atoms with van der Waals surface area (Å²) < 4.78 is 26.4. The number of aliphatic hydroxyl groups is 1. The number of carbonyl (C=O) groups is 1. The van der Waals surface area contributed by atoms with E-state index < -0.39 is 11.3 Å². The Bertz CT molecular complexity index is 349. The van der Waals surface area contributed by atoms with Crippen LogP contribution in [0.5, 0.6) is 0 Å². The van der Waals surface area contributed by atoms with Crippen molar-refractivity contribution < 1.29 is 18.7 Å². The van der Waals surface area contributed by atoms with E-state index in [2.05, 4.69) is 0 Å². The molecule has 0 aromatic heterocycles. The largest absolute Gasteiger partial charge is 0.393 e. The van der Waals surface area contributed by atoms with Gasteiger partial charge >= 0.3 is 0 Å². The van der Waals surface area contributed by atoms with Crippen LogP contribution >= 0.6 is 0 Å². The van der Waals surface area contributed by atoms with Crippen LogP contribution in [0.15, 0.2) is 0 Å². The summed E-state index contributed by atoms with van der Waals surface area (Å²) in [5, 5.41) is 9.59. The zero-order valence-corrected chi connectivity index (χ0v) is 11.7. The molecule has 3 nitrogen and oxygen atoms in total. The lowest BCUT2D eigenvalue weighted by atomic mass is 9.73. The highest BCUT2D eigenvalue weighted by Gasteiger charge is 2.47. The summed E-state index contributed by atoms with van der Waals surface area (Å²) in [6.07, 6.45) is 0.943. The molecule has 19 heavy (non-hydrogen) atoms. The molecule has 2 aliphatic rings. The minimum Gasteiger partial charge on any atom is -0.393 e. The van der Waals surface area contributed by atoms with E-state index in [-0.39, 0.29) is 43.7 Å². The highest BCUT2D eigenvalue weighted by molar-refractivity contribution is 5.82. The van der Waals surface area contributed by atoms with Crippen LogP contribution in [0.4, 0.5) is 8.78 Å². The second-order valence-corrected chi connectivity index (χ2v) is 6.44. The van der Waals surface area contributed by atoms with E-state index in [1.807, 2.05) is 13.8 Å². The van der Waals surface area contributed by atoms with Crippen LogP contribution in [-0.2, 0) is 4.79 Å². The maximum absolute atomic E-state index is 13.2. The predicted molar refractivity (Wildman–Crippen MR) is 67.9 cm³/mol. The molecule has 0 unspecified atom stereocenters. The molecule has 1 heterocycles. The first-order chi connectivity index (χ1) is 8.73. The van der Waals surface area contributed by atoms with Gasteiger partial charge in [-0.1, -0.05) is 6.92 Å². The van der Waals surface area contributed by atoms with Gasteiger partial charge in [-0.3, -0.25) is 4.79 Å². The van der Waals surface area contributed by atoms with Crippen LogP contribution in [0.25, 0.3) is 0 Å². The molecule has 1 saturated heterocycles. The minimum absolute atomic E-state index is 0.00416. The van der Waals surface area contributed by atoms with Crippen molar-refractivity contribution in [2.24, 2.45) is 5.41 Å². The highest BCUT2D eigenvalue weighted by Crippen LogP contribution is 2.44. The number of hydrogen-bond acceptors (Lipinski definition) is 2. The number of nitrogens with zero attached hydrogens (tertiary/aromatic N) is 1. The molecule has 2 rings (SSSR count). The van der Waals surface area contributed by atoms with Gasteiger partial charge in [-0.15, -0.1) is 0 Å². The maximum Gasteiger partial charge on any atom is 0.248 e. The van der Waals surface area contributed by atoms with Crippen molar-refractivity contribution in [2.75, 3.05) is 6.54 Å². The number of carbonyl (C=O) groups excluding carboxylic acids is 1. The van der Waals surface area contributed by atoms with Gasteiger partial charge in [-0.05, 0) is 32.6 Å². The Morgan fingerprint density at radius 2 is 1.84 bits per heavy atom. The number of piperidine rings is 1. The Kier molecular flexibility index (Phi) is 3.87. The fourth-order valence-electron chi connectivity index (χ4n) is 3.18. The van der Waals surface area contributed by atoms with Crippen molar-refractivity contribution in [3.63, 3.8) is 0 Å². The van der Waals surface area contributed by atoms with E-state index in [1.165, 1.54) is 0 Å². The average Bonchev–Trinajstić information content (AvgIpc) is 2.33. The summed E-state index contributed by atoms with van der Waals surface area (Å²) in [4.78, 5) is 14.4. The zero-order chi connectivity index (χ0) is 14.3. The Hall–Kier alpha value is -0.710. The van der Waals surface area contributed by atoms with E-state index in [0.717, 1.165) is 0 Å². The fraction of sp³-hybridized carbons (Fsp3) is 0.929. The summed E-state index contributed by atoms with van der Waals surface area (Å²) in [7, 11) is 0. The molecule has 0 spiro atoms. The molecular formula is C14H23F2NO2. The van der Waals surface area contributed by atoms with E-state index in [0.29, 0.717) is 19.4 Å². The molecule has 0 radical (unpaired) electrons. The molecule has 1 aliphatic heterocycles. The first kappa shape index (κ1) is 14.7. The highest BCUT2D eigenvalue weighted by atomic mass is 19.3. The van der Waals surface area contributed by atoms with Gasteiger partial charge in [0.2, 0.25) is 11.8 Å². The quantitative estimate of drug-likeness (QED) is 0.799. The van der Waals surface area contributed by atoms with Crippen molar-refractivity contribution in [1.82, 2.24) is 4.90 Å². The van der Waals surface area contributed by atoms with Gasteiger partial charge < -0.3 is 10.0 Å².